The third kappa shape index (κ3) is 3.11. The van der Waals surface area contributed by atoms with Crippen molar-refractivity contribution in [2.45, 2.75) is 50.7 Å². The molecule has 2 rings (SSSR count). The molecule has 1 aromatic carbocycles. The highest BCUT2D eigenvalue weighted by Gasteiger charge is 2.46. The number of hydrogen-bond acceptors (Lipinski definition) is 1. The molecular formula is C15H20F3N. The summed E-state index contributed by atoms with van der Waals surface area (Å²) in [7, 11) is 0. The second kappa shape index (κ2) is 5.16. The predicted octanol–water partition coefficient (Wildman–Crippen LogP) is 4.16. The highest BCUT2D eigenvalue weighted by Crippen LogP contribution is 2.44. The van der Waals surface area contributed by atoms with Gasteiger partial charge in [0, 0.05) is 5.54 Å². The van der Waals surface area contributed by atoms with Crippen LogP contribution in [0.4, 0.5) is 13.2 Å². The third-order valence-corrected chi connectivity index (χ3v) is 4.19. The number of halogens is 3. The molecule has 106 valence electrons. The van der Waals surface area contributed by atoms with Crippen LogP contribution < -0.4 is 5.73 Å². The molecule has 0 heterocycles. The van der Waals surface area contributed by atoms with Gasteiger partial charge in [0.1, 0.15) is 0 Å². The first-order valence-electron chi connectivity index (χ1n) is 6.80. The van der Waals surface area contributed by atoms with E-state index in [2.05, 4.69) is 0 Å². The van der Waals surface area contributed by atoms with Crippen LogP contribution in [0.5, 0.6) is 0 Å². The van der Waals surface area contributed by atoms with E-state index >= 15 is 0 Å². The zero-order valence-corrected chi connectivity index (χ0v) is 11.1. The van der Waals surface area contributed by atoms with Crippen LogP contribution in [0.15, 0.2) is 24.3 Å². The summed E-state index contributed by atoms with van der Waals surface area (Å²) < 4.78 is 38.6. The lowest BCUT2D eigenvalue weighted by molar-refractivity contribution is -0.187. The lowest BCUT2D eigenvalue weighted by atomic mass is 9.72. The van der Waals surface area contributed by atoms with Gasteiger partial charge in [0.05, 0.1) is 5.92 Å². The van der Waals surface area contributed by atoms with Gasteiger partial charge in [-0.15, -0.1) is 0 Å². The first kappa shape index (κ1) is 14.4. The Hall–Kier alpha value is -1.03. The summed E-state index contributed by atoms with van der Waals surface area (Å²) in [6.45, 7) is 2.05. The van der Waals surface area contributed by atoms with Crippen LogP contribution >= 0.6 is 0 Å². The summed E-state index contributed by atoms with van der Waals surface area (Å²) in [6.07, 6.45) is -1.84. The number of rotatable bonds is 2. The molecule has 1 aromatic rings. The van der Waals surface area contributed by atoms with Gasteiger partial charge in [-0.1, -0.05) is 37.6 Å². The van der Waals surface area contributed by atoms with E-state index in [9.17, 15) is 13.2 Å². The van der Waals surface area contributed by atoms with E-state index in [1.807, 2.05) is 31.2 Å². The number of alkyl halides is 3. The molecule has 1 aliphatic carbocycles. The zero-order chi connectivity index (χ0) is 14.1. The fourth-order valence-electron chi connectivity index (χ4n) is 2.92. The Balaban J connectivity index is 2.21. The molecule has 2 N–H and O–H groups in total. The van der Waals surface area contributed by atoms with E-state index in [0.717, 1.165) is 12.0 Å². The lowest BCUT2D eigenvalue weighted by Crippen LogP contribution is -2.44. The van der Waals surface area contributed by atoms with Crippen molar-refractivity contribution in [3.63, 3.8) is 0 Å². The second-order valence-electron chi connectivity index (χ2n) is 5.54. The van der Waals surface area contributed by atoms with Gasteiger partial charge in [-0.05, 0) is 36.8 Å². The van der Waals surface area contributed by atoms with Crippen molar-refractivity contribution in [3.05, 3.63) is 35.4 Å². The molecule has 1 fully saturated rings. The SMILES string of the molecule is CCc1ccc(C2(N)CCCC(C(F)(F)F)C2)cc1. The Morgan fingerprint density at radius 3 is 2.42 bits per heavy atom. The van der Waals surface area contributed by atoms with Gasteiger partial charge in [0.25, 0.3) is 0 Å². The summed E-state index contributed by atoms with van der Waals surface area (Å²) in [6, 6.07) is 7.69. The molecule has 19 heavy (non-hydrogen) atoms. The zero-order valence-electron chi connectivity index (χ0n) is 11.1. The predicted molar refractivity (Wildman–Crippen MR) is 69.7 cm³/mol. The smallest absolute Gasteiger partial charge is 0.321 e. The van der Waals surface area contributed by atoms with Crippen LogP contribution in [0.1, 0.15) is 43.7 Å². The van der Waals surface area contributed by atoms with E-state index in [-0.39, 0.29) is 12.8 Å². The Kier molecular flexibility index (Phi) is 3.90. The Bertz CT molecular complexity index is 424. The standard InChI is InChI=1S/C15H20F3N/c1-2-11-5-7-12(8-6-11)14(19)9-3-4-13(10-14)15(16,17)18/h5-8,13H,2-4,9-10,19H2,1H3. The van der Waals surface area contributed by atoms with Crippen LogP contribution in [0, 0.1) is 5.92 Å². The summed E-state index contributed by atoms with van der Waals surface area (Å²) in [5.74, 6) is -1.27. The van der Waals surface area contributed by atoms with Gasteiger partial charge < -0.3 is 5.73 Å². The fourth-order valence-corrected chi connectivity index (χ4v) is 2.92. The first-order valence-corrected chi connectivity index (χ1v) is 6.80. The molecule has 1 nitrogen and oxygen atoms in total. The van der Waals surface area contributed by atoms with Crippen molar-refractivity contribution in [1.82, 2.24) is 0 Å². The maximum Gasteiger partial charge on any atom is 0.391 e. The molecule has 0 aromatic heterocycles. The van der Waals surface area contributed by atoms with E-state index in [1.165, 1.54) is 5.56 Å². The highest BCUT2D eigenvalue weighted by molar-refractivity contribution is 5.29. The lowest BCUT2D eigenvalue weighted by Gasteiger charge is -2.39. The van der Waals surface area contributed by atoms with Gasteiger partial charge in [0.2, 0.25) is 0 Å². The second-order valence-corrected chi connectivity index (χ2v) is 5.54. The van der Waals surface area contributed by atoms with Crippen LogP contribution in [0.3, 0.4) is 0 Å². The monoisotopic (exact) mass is 271 g/mol. The topological polar surface area (TPSA) is 26.0 Å². The quantitative estimate of drug-likeness (QED) is 0.859. The van der Waals surface area contributed by atoms with Gasteiger partial charge in [-0.2, -0.15) is 13.2 Å². The average Bonchev–Trinajstić information content (AvgIpc) is 2.38. The number of nitrogens with two attached hydrogens (primary N) is 1. The number of hydrogen-bond donors (Lipinski definition) is 1. The molecule has 0 radical (unpaired) electrons. The molecular weight excluding hydrogens is 251 g/mol. The molecule has 1 saturated carbocycles. The van der Waals surface area contributed by atoms with Gasteiger partial charge in [-0.25, -0.2) is 0 Å². The van der Waals surface area contributed by atoms with Crippen LogP contribution in [0.25, 0.3) is 0 Å². The van der Waals surface area contributed by atoms with E-state index in [0.29, 0.717) is 12.8 Å². The van der Waals surface area contributed by atoms with Crippen molar-refractivity contribution in [2.75, 3.05) is 0 Å². The molecule has 4 heteroatoms. The largest absolute Gasteiger partial charge is 0.391 e. The highest BCUT2D eigenvalue weighted by atomic mass is 19.4. The van der Waals surface area contributed by atoms with Crippen LogP contribution in [-0.4, -0.2) is 6.18 Å². The maximum absolute atomic E-state index is 12.9. The molecule has 0 amide bonds. The summed E-state index contributed by atoms with van der Waals surface area (Å²) in [5.41, 5.74) is 7.44. The van der Waals surface area contributed by atoms with Crippen LogP contribution in [0.2, 0.25) is 0 Å². The molecule has 0 saturated heterocycles. The number of aryl methyl sites for hydroxylation is 1. The van der Waals surface area contributed by atoms with E-state index in [1.54, 1.807) is 0 Å². The molecule has 0 spiro atoms. The number of benzene rings is 1. The van der Waals surface area contributed by atoms with Gasteiger partial charge >= 0.3 is 6.18 Å². The Labute approximate surface area is 112 Å². The van der Waals surface area contributed by atoms with Crippen LogP contribution in [-0.2, 0) is 12.0 Å². The molecule has 0 aliphatic heterocycles. The van der Waals surface area contributed by atoms with Crippen molar-refractivity contribution >= 4 is 0 Å². The van der Waals surface area contributed by atoms with Gasteiger partial charge in [-0.3, -0.25) is 0 Å². The maximum atomic E-state index is 12.9. The fraction of sp³-hybridized carbons (Fsp3) is 0.600. The Morgan fingerprint density at radius 2 is 1.89 bits per heavy atom. The van der Waals surface area contributed by atoms with Crippen molar-refractivity contribution in [1.29, 1.82) is 0 Å². The average molecular weight is 271 g/mol. The molecule has 1 aliphatic rings. The molecule has 0 bridgehead atoms. The minimum absolute atomic E-state index is 0.00196. The molecule has 2 atom stereocenters. The van der Waals surface area contributed by atoms with Crippen molar-refractivity contribution in [3.8, 4) is 0 Å². The Morgan fingerprint density at radius 1 is 1.26 bits per heavy atom. The van der Waals surface area contributed by atoms with Crippen molar-refractivity contribution in [2.24, 2.45) is 11.7 Å². The first-order chi connectivity index (χ1) is 8.85. The summed E-state index contributed by atoms with van der Waals surface area (Å²) in [5, 5.41) is 0. The molecule has 2 unspecified atom stereocenters. The van der Waals surface area contributed by atoms with E-state index < -0.39 is 17.6 Å². The van der Waals surface area contributed by atoms with Crippen molar-refractivity contribution < 1.29 is 13.2 Å². The van der Waals surface area contributed by atoms with E-state index in [4.69, 9.17) is 5.73 Å². The summed E-state index contributed by atoms with van der Waals surface area (Å²) >= 11 is 0. The normalized spacial score (nSPS) is 28.4. The summed E-state index contributed by atoms with van der Waals surface area (Å²) in [4.78, 5) is 0. The minimum Gasteiger partial charge on any atom is -0.321 e. The van der Waals surface area contributed by atoms with Gasteiger partial charge in [0.15, 0.2) is 0 Å². The minimum atomic E-state index is -4.13. The third-order valence-electron chi connectivity index (χ3n) is 4.19.